The molecule has 11 nitrogen and oxygen atoms in total. The summed E-state index contributed by atoms with van der Waals surface area (Å²) in [6.07, 6.45) is 0.356. The number of rotatable bonds is 10. The lowest BCUT2D eigenvalue weighted by Crippen LogP contribution is -2.33. The number of nitrogens with one attached hydrogen (secondary N) is 1. The Morgan fingerprint density at radius 3 is 2.85 bits per heavy atom. The summed E-state index contributed by atoms with van der Waals surface area (Å²) >= 11 is 0.938. The first-order valence-corrected chi connectivity index (χ1v) is 14.0. The van der Waals surface area contributed by atoms with E-state index >= 15 is 0 Å². The van der Waals surface area contributed by atoms with Crippen LogP contribution in [-0.2, 0) is 23.1 Å². The van der Waals surface area contributed by atoms with Crippen molar-refractivity contribution in [2.24, 2.45) is 5.92 Å². The van der Waals surface area contributed by atoms with Crippen LogP contribution in [0.25, 0.3) is 0 Å². The Morgan fingerprint density at radius 2 is 2.15 bits per heavy atom. The normalized spacial score (nSPS) is 31.3. The summed E-state index contributed by atoms with van der Waals surface area (Å²) in [6, 6.07) is 1.85. The summed E-state index contributed by atoms with van der Waals surface area (Å²) < 4.78 is 38.0. The van der Waals surface area contributed by atoms with Crippen LogP contribution in [-0.4, -0.2) is 65.8 Å². The van der Waals surface area contributed by atoms with Gasteiger partial charge < -0.3 is 14.6 Å². The Morgan fingerprint density at radius 1 is 1.39 bits per heavy atom. The van der Waals surface area contributed by atoms with Gasteiger partial charge in [0.25, 0.3) is 5.56 Å². The average Bonchev–Trinajstić information content (AvgIpc) is 3.30. The van der Waals surface area contributed by atoms with Crippen molar-refractivity contribution in [2.45, 2.75) is 63.7 Å². The standard InChI is InChI=1S/C19H29BN3O8PS/c1-11-6-17(23-8-12(2)18(25)22-19(23)26)30-15(11)10-28-32(27,33-5-3-4-21)31-13-7-16(20)29-14(13)9-24/h8,11,13-17,24H,3,5-7,9-10,20H2,1-2H3,(H,22,25,26)/t11-,13-,14-,15-,16-,17-,32?/m1/s1. The first kappa shape index (κ1) is 26.2. The summed E-state index contributed by atoms with van der Waals surface area (Å²) in [5, 5.41) is 18.4. The van der Waals surface area contributed by atoms with Crippen LogP contribution in [0.4, 0.5) is 0 Å². The number of hydrogen-bond donors (Lipinski definition) is 2. The van der Waals surface area contributed by atoms with Crippen molar-refractivity contribution >= 4 is 26.0 Å². The van der Waals surface area contributed by atoms with Gasteiger partial charge in [0.1, 0.15) is 20.2 Å². The number of hydrogen-bond acceptors (Lipinski definition) is 10. The van der Waals surface area contributed by atoms with Crippen molar-refractivity contribution in [1.82, 2.24) is 9.55 Å². The molecule has 7 atom stereocenters. The predicted molar refractivity (Wildman–Crippen MR) is 124 cm³/mol. The second-order valence-electron chi connectivity index (χ2n) is 8.35. The number of aliphatic hydroxyl groups excluding tert-OH is 1. The van der Waals surface area contributed by atoms with Gasteiger partial charge in [0.15, 0.2) is 0 Å². The number of H-pyrrole nitrogens is 1. The van der Waals surface area contributed by atoms with Gasteiger partial charge in [-0.2, -0.15) is 5.26 Å². The lowest BCUT2D eigenvalue weighted by molar-refractivity contribution is -0.0321. The largest absolute Gasteiger partial charge is 0.394 e. The van der Waals surface area contributed by atoms with Gasteiger partial charge in [-0.1, -0.05) is 6.92 Å². The smallest absolute Gasteiger partial charge is 0.389 e. The van der Waals surface area contributed by atoms with E-state index in [9.17, 15) is 19.3 Å². The van der Waals surface area contributed by atoms with Gasteiger partial charge in [0.05, 0.1) is 31.5 Å². The van der Waals surface area contributed by atoms with E-state index in [4.69, 9.17) is 23.8 Å². The zero-order valence-corrected chi connectivity index (χ0v) is 20.5. The molecule has 0 bridgehead atoms. The van der Waals surface area contributed by atoms with Crippen molar-refractivity contribution in [3.8, 4) is 6.07 Å². The fourth-order valence-corrected chi connectivity index (χ4v) is 7.22. The minimum Gasteiger partial charge on any atom is -0.394 e. The van der Waals surface area contributed by atoms with E-state index in [-0.39, 0.29) is 37.3 Å². The van der Waals surface area contributed by atoms with Gasteiger partial charge in [0.2, 0.25) is 0 Å². The molecule has 2 saturated heterocycles. The maximum absolute atomic E-state index is 13.5. The first-order valence-electron chi connectivity index (χ1n) is 10.8. The Balaban J connectivity index is 1.68. The summed E-state index contributed by atoms with van der Waals surface area (Å²) in [6.45, 7) is -0.468. The molecule has 33 heavy (non-hydrogen) atoms. The van der Waals surface area contributed by atoms with E-state index in [0.29, 0.717) is 18.4 Å². The average molecular weight is 501 g/mol. The maximum Gasteiger partial charge on any atom is 0.389 e. The second kappa shape index (κ2) is 11.4. The summed E-state index contributed by atoms with van der Waals surface area (Å²) in [5.41, 5.74) is -0.610. The highest BCUT2D eigenvalue weighted by atomic mass is 32.7. The third-order valence-electron chi connectivity index (χ3n) is 5.69. The highest BCUT2D eigenvalue weighted by Crippen LogP contribution is 2.62. The molecule has 1 aromatic rings. The van der Waals surface area contributed by atoms with Crippen LogP contribution >= 0.6 is 18.2 Å². The molecule has 182 valence electrons. The number of aliphatic hydroxyl groups is 1. The van der Waals surface area contributed by atoms with Crippen molar-refractivity contribution in [2.75, 3.05) is 19.0 Å². The van der Waals surface area contributed by atoms with Crippen molar-refractivity contribution < 1.29 is 28.2 Å². The molecular weight excluding hydrogens is 472 g/mol. The molecular formula is C19H29BN3O8PS. The molecule has 14 heteroatoms. The topological polar surface area (TPSA) is 153 Å². The van der Waals surface area contributed by atoms with Crippen molar-refractivity contribution in [3.63, 3.8) is 0 Å². The SMILES string of the molecule is B[C@H]1C[C@@H](OP(=O)(OC[C@H]2O[C@@H](n3cc(C)c(=O)[nH]c3=O)C[C@H]2C)SCCC#N)[C@@H](CO)O1. The number of aryl methyl sites for hydroxylation is 1. The molecule has 2 N–H and O–H groups in total. The fraction of sp³-hybridized carbons (Fsp3) is 0.737. The Labute approximate surface area is 196 Å². The zero-order chi connectivity index (χ0) is 24.2. The molecule has 0 amide bonds. The molecule has 3 rings (SSSR count). The van der Waals surface area contributed by atoms with E-state index in [2.05, 4.69) is 4.98 Å². The molecule has 1 unspecified atom stereocenters. The third kappa shape index (κ3) is 6.60. The van der Waals surface area contributed by atoms with Crippen LogP contribution in [0.15, 0.2) is 15.8 Å². The number of ether oxygens (including phenoxy) is 2. The molecule has 2 aliphatic heterocycles. The Kier molecular flexibility index (Phi) is 9.03. The molecule has 3 heterocycles. The molecule has 2 aliphatic rings. The van der Waals surface area contributed by atoms with Crippen LogP contribution in [0, 0.1) is 24.2 Å². The van der Waals surface area contributed by atoms with Gasteiger partial charge >= 0.3 is 12.5 Å². The summed E-state index contributed by atoms with van der Waals surface area (Å²) in [4.78, 5) is 26.1. The Hall–Kier alpha value is -1.39. The van der Waals surface area contributed by atoms with E-state index in [1.54, 1.807) is 6.92 Å². The predicted octanol–water partition coefficient (Wildman–Crippen LogP) is 0.666. The van der Waals surface area contributed by atoms with E-state index in [1.807, 2.05) is 20.8 Å². The fourth-order valence-electron chi connectivity index (χ4n) is 3.87. The van der Waals surface area contributed by atoms with Crippen LogP contribution in [0.1, 0.15) is 38.0 Å². The molecule has 0 aliphatic carbocycles. The molecule has 0 radical (unpaired) electrons. The summed E-state index contributed by atoms with van der Waals surface area (Å²) in [7, 11) is 1.84. The van der Waals surface area contributed by atoms with Gasteiger partial charge in [-0.15, -0.1) is 0 Å². The van der Waals surface area contributed by atoms with Crippen LogP contribution in [0.3, 0.4) is 0 Å². The van der Waals surface area contributed by atoms with Crippen LogP contribution in [0.2, 0.25) is 0 Å². The molecule has 0 saturated carbocycles. The quantitative estimate of drug-likeness (QED) is 0.266. The van der Waals surface area contributed by atoms with Gasteiger partial charge in [-0.3, -0.25) is 23.4 Å². The highest BCUT2D eigenvalue weighted by Gasteiger charge is 2.41. The second-order valence-corrected chi connectivity index (χ2v) is 12.5. The number of aromatic nitrogens is 2. The zero-order valence-electron chi connectivity index (χ0n) is 18.8. The van der Waals surface area contributed by atoms with Gasteiger partial charge in [-0.05, 0) is 37.1 Å². The number of nitrogens with zero attached hydrogens (tertiary/aromatic N) is 2. The number of aromatic amines is 1. The molecule has 2 fully saturated rings. The first-order chi connectivity index (χ1) is 15.7. The minimum atomic E-state index is -3.69. The minimum absolute atomic E-state index is 0.0216. The van der Waals surface area contributed by atoms with Crippen molar-refractivity contribution in [1.29, 1.82) is 5.26 Å². The summed E-state index contributed by atoms with van der Waals surface area (Å²) in [5.74, 6) is 0.239. The van der Waals surface area contributed by atoms with Crippen LogP contribution < -0.4 is 11.2 Å². The molecule has 1 aromatic heterocycles. The molecule has 0 spiro atoms. The van der Waals surface area contributed by atoms with E-state index in [1.165, 1.54) is 10.8 Å². The third-order valence-corrected chi connectivity index (χ3v) is 9.45. The highest BCUT2D eigenvalue weighted by molar-refractivity contribution is 8.55. The van der Waals surface area contributed by atoms with Crippen molar-refractivity contribution in [3.05, 3.63) is 32.6 Å². The Bertz CT molecular complexity index is 1030. The lowest BCUT2D eigenvalue weighted by Gasteiger charge is -2.25. The van der Waals surface area contributed by atoms with E-state index < -0.39 is 42.6 Å². The van der Waals surface area contributed by atoms with E-state index in [0.717, 1.165) is 11.4 Å². The maximum atomic E-state index is 13.5. The van der Waals surface area contributed by atoms with Crippen LogP contribution in [0.5, 0.6) is 0 Å². The van der Waals surface area contributed by atoms with Gasteiger partial charge in [0, 0.05) is 29.9 Å². The monoisotopic (exact) mass is 501 g/mol. The lowest BCUT2D eigenvalue weighted by atomic mass is 9.96. The number of nitriles is 1. The van der Waals surface area contributed by atoms with Gasteiger partial charge in [-0.25, -0.2) is 9.36 Å². The molecule has 0 aromatic carbocycles.